The predicted octanol–water partition coefficient (Wildman–Crippen LogP) is 5.12. The van der Waals surface area contributed by atoms with Crippen molar-refractivity contribution in [2.45, 2.75) is 22.8 Å². The van der Waals surface area contributed by atoms with Gasteiger partial charge in [-0.3, -0.25) is 0 Å². The Morgan fingerprint density at radius 2 is 1.63 bits per heavy atom. The number of halogens is 2. The van der Waals surface area contributed by atoms with Crippen LogP contribution in [0.4, 0.5) is 0 Å². The number of aliphatic carboxylic acids is 2. The minimum atomic E-state index is -1.26. The Morgan fingerprint density at radius 1 is 1.00 bits per heavy atom. The first kappa shape index (κ1) is 22.7. The van der Waals surface area contributed by atoms with Crippen molar-refractivity contribution in [1.82, 2.24) is 5.32 Å². The van der Waals surface area contributed by atoms with E-state index in [-0.39, 0.29) is 4.75 Å². The average molecular weight is 466 g/mol. The van der Waals surface area contributed by atoms with Gasteiger partial charge in [0, 0.05) is 26.9 Å². The topological polar surface area (TPSA) is 86.6 Å². The fraction of sp³-hybridized carbons (Fsp3) is 0.273. The van der Waals surface area contributed by atoms with Crippen molar-refractivity contribution < 1.29 is 19.8 Å². The van der Waals surface area contributed by atoms with Crippen LogP contribution in [0.15, 0.2) is 54.6 Å². The van der Waals surface area contributed by atoms with Crippen LogP contribution in [-0.2, 0) is 14.3 Å². The number of carboxylic acids is 2. The summed E-state index contributed by atoms with van der Waals surface area (Å²) >= 11 is 14.6. The van der Waals surface area contributed by atoms with Crippen molar-refractivity contribution in [2.24, 2.45) is 0 Å². The van der Waals surface area contributed by atoms with Crippen molar-refractivity contribution in [2.75, 3.05) is 13.1 Å². The van der Waals surface area contributed by atoms with Gasteiger partial charge in [0.05, 0.1) is 5.25 Å². The monoisotopic (exact) mass is 465 g/mol. The number of carbonyl (C=O) groups is 2. The summed E-state index contributed by atoms with van der Waals surface area (Å²) in [5.41, 5.74) is 4.09. The first-order valence-corrected chi connectivity index (χ1v) is 11.0. The lowest BCUT2D eigenvalue weighted by atomic mass is 9.85. The molecule has 2 aromatic carbocycles. The molecule has 1 unspecified atom stereocenters. The molecule has 2 aliphatic heterocycles. The second kappa shape index (κ2) is 9.88. The highest BCUT2D eigenvalue weighted by atomic mass is 35.5. The maximum atomic E-state index is 9.55. The first-order chi connectivity index (χ1) is 14.3. The van der Waals surface area contributed by atoms with Crippen LogP contribution in [0.1, 0.15) is 34.8 Å². The predicted molar refractivity (Wildman–Crippen MR) is 121 cm³/mol. The summed E-state index contributed by atoms with van der Waals surface area (Å²) in [5, 5.41) is 20.9. The summed E-state index contributed by atoms with van der Waals surface area (Å²) in [4.78, 5) is 19.1. The lowest BCUT2D eigenvalue weighted by molar-refractivity contribution is -0.134. The van der Waals surface area contributed by atoms with Gasteiger partial charge < -0.3 is 15.5 Å². The van der Waals surface area contributed by atoms with Gasteiger partial charge >= 0.3 is 11.9 Å². The molecule has 2 heterocycles. The molecule has 0 saturated carbocycles. The van der Waals surface area contributed by atoms with Crippen LogP contribution < -0.4 is 5.32 Å². The zero-order valence-electron chi connectivity index (χ0n) is 16.0. The van der Waals surface area contributed by atoms with E-state index in [0.29, 0.717) is 22.4 Å². The van der Waals surface area contributed by atoms with Crippen molar-refractivity contribution in [3.8, 4) is 0 Å². The van der Waals surface area contributed by atoms with E-state index in [1.54, 1.807) is 0 Å². The van der Waals surface area contributed by atoms with Crippen LogP contribution in [-0.4, -0.2) is 35.2 Å². The Bertz CT molecular complexity index is 957. The highest BCUT2D eigenvalue weighted by Gasteiger charge is 2.45. The third-order valence-electron chi connectivity index (χ3n) is 5.10. The molecule has 0 aromatic heterocycles. The van der Waals surface area contributed by atoms with Crippen molar-refractivity contribution in [1.29, 1.82) is 0 Å². The molecule has 0 radical (unpaired) electrons. The second-order valence-corrected chi connectivity index (χ2v) is 9.34. The average Bonchev–Trinajstić information content (AvgIpc) is 3.01. The minimum absolute atomic E-state index is 0.232. The van der Waals surface area contributed by atoms with Gasteiger partial charge in [0.25, 0.3) is 0 Å². The molecule has 3 N–H and O–H groups in total. The summed E-state index contributed by atoms with van der Waals surface area (Å²) in [6.45, 7) is 2.17. The maximum Gasteiger partial charge on any atom is 0.328 e. The molecule has 1 atom stereocenters. The summed E-state index contributed by atoms with van der Waals surface area (Å²) in [6, 6.07) is 14.7. The van der Waals surface area contributed by atoms with E-state index in [2.05, 4.69) is 47.4 Å². The summed E-state index contributed by atoms with van der Waals surface area (Å²) in [5.74, 6) is -2.51. The van der Waals surface area contributed by atoms with Gasteiger partial charge in [0.15, 0.2) is 0 Å². The Hall–Kier alpha value is -1.99. The van der Waals surface area contributed by atoms with Gasteiger partial charge in [-0.1, -0.05) is 53.5 Å². The molecule has 0 aliphatic carbocycles. The zero-order valence-corrected chi connectivity index (χ0v) is 18.3. The molecule has 1 spiro atoms. The normalized spacial score (nSPS) is 19.2. The number of hydrogen-bond acceptors (Lipinski definition) is 4. The number of nitrogens with one attached hydrogen (secondary N) is 1. The molecule has 158 valence electrons. The number of thioether (sulfide) groups is 1. The van der Waals surface area contributed by atoms with Crippen molar-refractivity contribution in [3.63, 3.8) is 0 Å². The van der Waals surface area contributed by atoms with Crippen molar-refractivity contribution >= 4 is 46.9 Å². The molecule has 30 heavy (non-hydrogen) atoms. The number of piperidine rings is 1. The Labute approximate surface area is 189 Å². The van der Waals surface area contributed by atoms with Gasteiger partial charge in [-0.15, -0.1) is 11.8 Å². The van der Waals surface area contributed by atoms with E-state index in [1.807, 2.05) is 12.1 Å². The summed E-state index contributed by atoms with van der Waals surface area (Å²) in [7, 11) is 0. The van der Waals surface area contributed by atoms with E-state index in [9.17, 15) is 9.59 Å². The van der Waals surface area contributed by atoms with Crippen LogP contribution in [0.5, 0.6) is 0 Å². The van der Waals surface area contributed by atoms with Gasteiger partial charge in [-0.25, -0.2) is 9.59 Å². The lowest BCUT2D eigenvalue weighted by Crippen LogP contribution is -2.36. The fourth-order valence-corrected chi connectivity index (χ4v) is 6.25. The minimum Gasteiger partial charge on any atom is -0.478 e. The summed E-state index contributed by atoms with van der Waals surface area (Å²) < 4.78 is 0.232. The molecule has 1 fully saturated rings. The van der Waals surface area contributed by atoms with Crippen LogP contribution in [0.3, 0.4) is 0 Å². The SMILES string of the molecule is Clc1ccc(C2SC3(CCNCC3)c3ccccc32)c(Cl)c1.O=C(O)C=CC(=O)O. The molecule has 2 aliphatic rings. The third-order valence-corrected chi connectivity index (χ3v) is 7.49. The molecule has 8 heteroatoms. The quantitative estimate of drug-likeness (QED) is 0.545. The Kier molecular flexibility index (Phi) is 7.47. The molecule has 1 saturated heterocycles. The third kappa shape index (κ3) is 5.19. The zero-order chi connectivity index (χ0) is 21.7. The number of hydrogen-bond donors (Lipinski definition) is 3. The Morgan fingerprint density at radius 3 is 2.23 bits per heavy atom. The van der Waals surface area contributed by atoms with Crippen LogP contribution >= 0.6 is 35.0 Å². The largest absolute Gasteiger partial charge is 0.478 e. The van der Waals surface area contributed by atoms with E-state index in [1.165, 1.54) is 29.5 Å². The summed E-state index contributed by atoms with van der Waals surface area (Å²) in [6.07, 6.45) is 3.47. The first-order valence-electron chi connectivity index (χ1n) is 9.39. The van der Waals surface area contributed by atoms with Gasteiger partial charge in [-0.2, -0.15) is 0 Å². The smallest absolute Gasteiger partial charge is 0.328 e. The van der Waals surface area contributed by atoms with Crippen LogP contribution in [0.25, 0.3) is 0 Å². The molecular weight excluding hydrogens is 445 g/mol. The second-order valence-electron chi connectivity index (χ2n) is 7.01. The van der Waals surface area contributed by atoms with Crippen LogP contribution in [0, 0.1) is 0 Å². The molecule has 5 nitrogen and oxygen atoms in total. The van der Waals surface area contributed by atoms with Gasteiger partial charge in [-0.05, 0) is 54.8 Å². The standard InChI is InChI=1S/C18H17Cl2NS.C4H4O4/c19-12-5-6-14(16(20)11-12)17-13-3-1-2-4-15(13)18(22-17)7-9-21-10-8-18;5-3(6)1-2-4(7)8/h1-6,11,17,21H,7-10H2;1-2H,(H,5,6)(H,7,8). The van der Waals surface area contributed by atoms with E-state index in [0.717, 1.165) is 18.1 Å². The fourth-order valence-electron chi connectivity index (χ4n) is 3.80. The highest BCUT2D eigenvalue weighted by Crippen LogP contribution is 2.61. The number of fused-ring (bicyclic) bond motifs is 2. The maximum absolute atomic E-state index is 9.55. The highest BCUT2D eigenvalue weighted by molar-refractivity contribution is 8.01. The van der Waals surface area contributed by atoms with E-state index < -0.39 is 11.9 Å². The number of benzene rings is 2. The Balaban J connectivity index is 0.000000275. The molecule has 2 aromatic rings. The lowest BCUT2D eigenvalue weighted by Gasteiger charge is -2.34. The molecule has 4 rings (SSSR count). The molecule has 0 amide bonds. The molecular formula is C22H21Cl2NO4S. The number of rotatable bonds is 3. The number of carboxylic acid groups (broad SMARTS) is 2. The van der Waals surface area contributed by atoms with Crippen molar-refractivity contribution in [3.05, 3.63) is 81.4 Å². The van der Waals surface area contributed by atoms with Gasteiger partial charge in [0.1, 0.15) is 0 Å². The van der Waals surface area contributed by atoms with Gasteiger partial charge in [0.2, 0.25) is 0 Å². The molecule has 0 bridgehead atoms. The van der Waals surface area contributed by atoms with E-state index in [4.69, 9.17) is 33.4 Å². The van der Waals surface area contributed by atoms with Crippen LogP contribution in [0.2, 0.25) is 10.0 Å². The van der Waals surface area contributed by atoms with E-state index >= 15 is 0 Å².